The second-order valence-electron chi connectivity index (χ2n) is 37.1. The Morgan fingerprint density at radius 2 is 0.769 bits per heavy atom. The van der Waals surface area contributed by atoms with Crippen LogP contribution in [0.4, 0.5) is 34.1 Å². The molecule has 8 aliphatic heterocycles. The SMILES string of the molecule is CC(C)C1C2=C(CCCC2=O)N(C)C2=C1C(=O)CCC2.CN1C2=C(C(=O)OC2)C(c2ccccc2)C2=C1COC2=O.CN1C2=C(CC3=C1CC(C)(C)CC3=O)C(=O)CC(C)(C)C2.CN1c2ccccc2C(=C(C#N)C#N)c2ccccc21.CN1c2ccccc2C(=Cc2cccs2)c2ccccc21.CN1c2ccccc2C(c2ccccc2)(c2ccccc2)c2ccccc21. The zero-order valence-electron chi connectivity index (χ0n) is 76.0. The molecule has 9 aromatic carbocycles. The summed E-state index contributed by atoms with van der Waals surface area (Å²) in [6.07, 6.45) is 11.1. The van der Waals surface area contributed by atoms with Gasteiger partial charge in [0.25, 0.3) is 0 Å². The van der Waals surface area contributed by atoms with Gasteiger partial charge in [0.1, 0.15) is 30.9 Å². The van der Waals surface area contributed by atoms with Crippen molar-refractivity contribution < 1.29 is 38.2 Å². The number of allylic oxidation sites excluding steroid dienone is 9. The minimum atomic E-state index is -0.391. The van der Waals surface area contributed by atoms with Crippen LogP contribution in [-0.4, -0.2) is 105 Å². The first-order valence-electron chi connectivity index (χ1n) is 45.0. The third kappa shape index (κ3) is 16.1. The number of likely N-dealkylation sites (N-methyl/N-ethyl adjacent to an activating group) is 1. The Kier molecular flexibility index (Phi) is 24.6. The minimum absolute atomic E-state index is 0.0242. The number of cyclic esters (lactones) is 2. The first-order chi connectivity index (χ1) is 62.7. The minimum Gasteiger partial charge on any atom is -0.456 e. The second kappa shape index (κ2) is 36.3. The summed E-state index contributed by atoms with van der Waals surface area (Å²) in [6, 6.07) is 90.1. The fourth-order valence-electron chi connectivity index (χ4n) is 21.5. The Labute approximate surface area is 767 Å². The van der Waals surface area contributed by atoms with Crippen LogP contribution in [0.5, 0.6) is 0 Å². The number of ether oxygens (including phenoxy) is 2. The molecule has 1 aromatic heterocycles. The number of carbonyl (C=O) groups is 6. The van der Waals surface area contributed by atoms with Crippen LogP contribution < -0.4 is 14.7 Å². The Morgan fingerprint density at radius 3 is 1.18 bits per heavy atom. The molecule has 17 heteroatoms. The summed E-state index contributed by atoms with van der Waals surface area (Å²) in [5.41, 5.74) is 30.6. The highest BCUT2D eigenvalue weighted by atomic mass is 32.1. The number of thiophene rings is 1. The lowest BCUT2D eigenvalue weighted by Gasteiger charge is -2.45. The van der Waals surface area contributed by atoms with Crippen LogP contribution in [-0.2, 0) is 43.7 Å². The van der Waals surface area contributed by atoms with Crippen molar-refractivity contribution in [3.05, 3.63) is 382 Å². The van der Waals surface area contributed by atoms with Crippen molar-refractivity contribution in [2.75, 3.05) is 70.2 Å². The van der Waals surface area contributed by atoms with Gasteiger partial charge in [-0.1, -0.05) is 248 Å². The number of hydrogen-bond donors (Lipinski definition) is 0. The van der Waals surface area contributed by atoms with E-state index in [2.05, 4.69) is 261 Å². The summed E-state index contributed by atoms with van der Waals surface area (Å²) in [5, 5.41) is 20.6. The summed E-state index contributed by atoms with van der Waals surface area (Å²) >= 11 is 1.78. The number of nitriles is 2. The molecule has 0 N–H and O–H groups in total. The Balaban J connectivity index is 0.000000110. The molecule has 9 heterocycles. The first-order valence-corrected chi connectivity index (χ1v) is 45.9. The standard InChI is InChI=1S/C26H21N.C19H15NS.C18H25NO2.C17H11N3.C17H23NO2.C16H13NO4/c1-27-24-18-10-8-16-22(24)26(20-12-4-2-5-13-20,21-14-6-3-7-15-21)23-17-9-11-19-25(23)27;1-20-18-10-4-2-8-15(18)17(13-14-7-6-12-21-14)16-9-3-5-11-19(16)20;1-17(2)7-13-11(15(20)9-17)6-12-14(19(13)5)8-18(3,4)10-16(12)21;1-20-15-8-4-2-6-13(15)17(12(10-18)11-19)14-7-3-5-9-16(14)20;1-10(2)15-16-11(6-4-8-13(16)19)18(3)12-7-5-9-14(20)17(12)15;1-17-10-7-20-15(18)13(10)12(9-5-3-2-4-6-9)14-11(17)8-21-16(14)19/h2-19H,1H3;2-13H,1H3;6-10H2,1-5H3;2-9H,1H3;10,15H,4-9H2,1-3H3;2-6,12H,7-8H2,1H3. The smallest absolute Gasteiger partial charge is 0.337 e. The van der Waals surface area contributed by atoms with E-state index in [0.717, 1.165) is 117 Å². The van der Waals surface area contributed by atoms with Crippen LogP contribution in [0, 0.1) is 45.3 Å². The molecule has 0 atom stereocenters. The van der Waals surface area contributed by atoms with Crippen LogP contribution in [0.3, 0.4) is 0 Å². The van der Waals surface area contributed by atoms with Crippen LogP contribution >= 0.6 is 11.3 Å². The molecule has 10 aromatic rings. The van der Waals surface area contributed by atoms with Gasteiger partial charge in [-0.2, -0.15) is 10.5 Å². The average molecular weight is 1740 g/mol. The maximum atomic E-state index is 12.5. The zero-order valence-corrected chi connectivity index (χ0v) is 76.8. The van der Waals surface area contributed by atoms with Crippen molar-refractivity contribution in [1.82, 2.24) is 14.7 Å². The highest BCUT2D eigenvalue weighted by Crippen LogP contribution is 2.57. The molecule has 0 radical (unpaired) electrons. The van der Waals surface area contributed by atoms with Crippen molar-refractivity contribution in [3.8, 4) is 12.1 Å². The van der Waals surface area contributed by atoms with Crippen LogP contribution in [0.2, 0.25) is 0 Å². The van der Waals surface area contributed by atoms with Gasteiger partial charge >= 0.3 is 11.9 Å². The Bertz CT molecular complexity index is 6260. The fraction of sp³-hybridized carbons (Fsp3) is 0.274. The van der Waals surface area contributed by atoms with E-state index in [0.29, 0.717) is 49.2 Å². The van der Waals surface area contributed by atoms with Gasteiger partial charge in [0.15, 0.2) is 23.1 Å². The summed E-state index contributed by atoms with van der Waals surface area (Å²) in [5.74, 6) is 0.254. The van der Waals surface area contributed by atoms with Crippen molar-refractivity contribution in [1.29, 1.82) is 10.5 Å². The molecule has 0 bridgehead atoms. The van der Waals surface area contributed by atoms with Gasteiger partial charge in [0.05, 0.1) is 33.9 Å². The van der Waals surface area contributed by atoms with E-state index < -0.39 is 5.92 Å². The van der Waals surface area contributed by atoms with Gasteiger partial charge in [-0.25, -0.2) is 9.59 Å². The Hall–Kier alpha value is -14.0. The molecular weight excluding hydrogens is 1630 g/mol. The molecule has 0 unspecified atom stereocenters. The van der Waals surface area contributed by atoms with Crippen molar-refractivity contribution in [2.45, 2.75) is 124 Å². The fourth-order valence-corrected chi connectivity index (χ4v) is 22.2. The highest BCUT2D eigenvalue weighted by Gasteiger charge is 2.50. The van der Waals surface area contributed by atoms with Crippen LogP contribution in [0.25, 0.3) is 17.2 Å². The van der Waals surface area contributed by atoms with Gasteiger partial charge in [0.2, 0.25) is 0 Å². The first kappa shape index (κ1) is 88.0. The van der Waals surface area contributed by atoms with E-state index in [4.69, 9.17) is 9.47 Å². The second-order valence-corrected chi connectivity index (χ2v) is 38.1. The quantitative estimate of drug-likeness (QED) is 0.117. The third-order valence-corrected chi connectivity index (χ3v) is 28.4. The molecular formula is C113H108N8O8S. The number of benzene rings is 9. The van der Waals surface area contributed by atoms with Gasteiger partial charge in [-0.3, -0.25) is 19.2 Å². The van der Waals surface area contributed by atoms with Gasteiger partial charge in [-0.15, -0.1) is 11.3 Å². The summed E-state index contributed by atoms with van der Waals surface area (Å²) in [6.45, 7) is 13.4. The summed E-state index contributed by atoms with van der Waals surface area (Å²) in [4.78, 5) is 88.3. The summed E-state index contributed by atoms with van der Waals surface area (Å²) in [7, 11) is 12.2. The van der Waals surface area contributed by atoms with Crippen LogP contribution in [0.1, 0.15) is 173 Å². The molecule has 654 valence electrons. The largest absolute Gasteiger partial charge is 0.456 e. The number of rotatable bonds is 5. The molecule has 0 spiro atoms. The van der Waals surface area contributed by atoms with E-state index in [1.807, 2.05) is 124 Å². The molecule has 12 aliphatic rings. The molecule has 4 aliphatic carbocycles. The molecule has 0 saturated heterocycles. The maximum absolute atomic E-state index is 12.5. The topological polar surface area (TPSA) is 188 Å². The summed E-state index contributed by atoms with van der Waals surface area (Å²) < 4.78 is 10.4. The number of esters is 2. The van der Waals surface area contributed by atoms with E-state index >= 15 is 0 Å². The van der Waals surface area contributed by atoms with Crippen molar-refractivity contribution in [3.63, 3.8) is 0 Å². The number of hydrogen-bond acceptors (Lipinski definition) is 17. The molecule has 16 nitrogen and oxygen atoms in total. The monoisotopic (exact) mass is 1740 g/mol. The van der Waals surface area contributed by atoms with E-state index in [1.54, 1.807) is 11.3 Å². The van der Waals surface area contributed by atoms with Gasteiger partial charge in [-0.05, 0) is 143 Å². The number of Topliss-reactive ketones (excluding diaryl/α,β-unsaturated/α-hetero) is 4. The van der Waals surface area contributed by atoms with Crippen LogP contribution in [0.15, 0.2) is 327 Å². The molecule has 22 rings (SSSR count). The number of para-hydroxylation sites is 6. The number of anilines is 6. The normalized spacial score (nSPS) is 18.6. The lowest BCUT2D eigenvalue weighted by molar-refractivity contribution is -0.136. The number of fused-ring (bicyclic) bond motifs is 6. The Morgan fingerprint density at radius 1 is 0.400 bits per heavy atom. The van der Waals surface area contributed by atoms with Crippen molar-refractivity contribution in [2.24, 2.45) is 22.7 Å². The molecule has 0 saturated carbocycles. The molecule has 0 fully saturated rings. The van der Waals surface area contributed by atoms with Gasteiger partial charge in [0, 0.05) is 192 Å². The van der Waals surface area contributed by atoms with Crippen molar-refractivity contribution >= 4 is 97.8 Å². The molecule has 0 amide bonds. The average Bonchev–Trinajstić information content (AvgIpc) is 0.723. The number of nitrogens with zero attached hydrogens (tertiary/aromatic N) is 8. The zero-order chi connectivity index (χ0) is 91.2. The number of carbonyl (C=O) groups excluding carboxylic acids is 6. The lowest BCUT2D eigenvalue weighted by atomic mass is 9.62. The predicted octanol–water partition coefficient (Wildman–Crippen LogP) is 23.3. The van der Waals surface area contributed by atoms with E-state index in [-0.39, 0.29) is 76.0 Å². The predicted molar refractivity (Wildman–Crippen MR) is 517 cm³/mol. The van der Waals surface area contributed by atoms with Gasteiger partial charge < -0.3 is 38.9 Å². The maximum Gasteiger partial charge on any atom is 0.337 e. The third-order valence-electron chi connectivity index (χ3n) is 27.6. The lowest BCUT2D eigenvalue weighted by Crippen LogP contribution is -2.40. The van der Waals surface area contributed by atoms with E-state index in [9.17, 15) is 39.3 Å². The highest BCUT2D eigenvalue weighted by molar-refractivity contribution is 7.10. The number of ketones is 4. The van der Waals surface area contributed by atoms with E-state index in [1.165, 1.54) is 78.0 Å². The molecule has 130 heavy (non-hydrogen) atoms.